The van der Waals surface area contributed by atoms with Crippen LogP contribution >= 0.6 is 22.9 Å². The number of benzene rings is 1. The number of carboxylic acids is 1. The number of likely N-dealkylation sites (N-methyl/N-ethyl adjacent to an activating group) is 1. The fraction of sp³-hybridized carbons (Fsp3) is 0.435. The Bertz CT molecular complexity index is 1040. The predicted molar refractivity (Wildman–Crippen MR) is 125 cm³/mol. The minimum Gasteiger partial charge on any atom is -0.481 e. The van der Waals surface area contributed by atoms with Crippen molar-refractivity contribution in [3.63, 3.8) is 0 Å². The van der Waals surface area contributed by atoms with Crippen LogP contribution < -0.4 is 10.2 Å². The van der Waals surface area contributed by atoms with Crippen molar-refractivity contribution in [2.45, 2.75) is 31.7 Å². The van der Waals surface area contributed by atoms with Crippen LogP contribution in [0.1, 0.15) is 33.6 Å². The fourth-order valence-electron chi connectivity index (χ4n) is 4.44. The van der Waals surface area contributed by atoms with Crippen molar-refractivity contribution in [3.05, 3.63) is 50.7 Å². The summed E-state index contributed by atoms with van der Waals surface area (Å²) in [6.07, 6.45) is 1.95. The fourth-order valence-corrected chi connectivity index (χ4v) is 5.38. The maximum Gasteiger partial charge on any atom is 0.303 e. The normalized spacial score (nSPS) is 21.3. The predicted octanol–water partition coefficient (Wildman–Crippen LogP) is 3.06. The number of hydrogen-bond acceptors (Lipinski definition) is 5. The van der Waals surface area contributed by atoms with Gasteiger partial charge in [-0.1, -0.05) is 17.7 Å². The molecular weight excluding hydrogens is 450 g/mol. The molecule has 0 unspecified atom stereocenters. The Balaban J connectivity index is 1.56. The summed E-state index contributed by atoms with van der Waals surface area (Å²) >= 11 is 7.12. The summed E-state index contributed by atoms with van der Waals surface area (Å²) in [6.45, 7) is 2.29. The third-order valence-corrected chi connectivity index (χ3v) is 7.49. The van der Waals surface area contributed by atoms with Gasteiger partial charge in [-0.15, -0.1) is 11.3 Å². The van der Waals surface area contributed by atoms with Gasteiger partial charge in [0.05, 0.1) is 21.2 Å². The number of carbonyl (C=O) groups excluding carboxylic acids is 2. The number of hydrogen-bond donors (Lipinski definition) is 2. The van der Waals surface area contributed by atoms with Crippen molar-refractivity contribution in [1.29, 1.82) is 0 Å². The number of amides is 2. The molecule has 0 aliphatic carbocycles. The number of carbonyl (C=O) groups is 3. The number of anilines is 1. The highest BCUT2D eigenvalue weighted by Crippen LogP contribution is 2.31. The minimum atomic E-state index is -0.958. The van der Waals surface area contributed by atoms with Crippen molar-refractivity contribution in [2.75, 3.05) is 31.6 Å². The number of thiophene rings is 1. The third-order valence-electron chi connectivity index (χ3n) is 6.26. The Morgan fingerprint density at radius 1 is 1.19 bits per heavy atom. The van der Waals surface area contributed by atoms with E-state index in [0.717, 1.165) is 31.6 Å². The summed E-state index contributed by atoms with van der Waals surface area (Å²) in [6, 6.07) is 8.95. The van der Waals surface area contributed by atoms with Crippen molar-refractivity contribution in [3.8, 4) is 0 Å². The second-order valence-electron chi connectivity index (χ2n) is 8.43. The molecular formula is C23H26ClN3O4S. The molecule has 4 rings (SSSR count). The first-order valence-corrected chi connectivity index (χ1v) is 11.9. The summed E-state index contributed by atoms with van der Waals surface area (Å²) in [5.41, 5.74) is 3.34. The highest BCUT2D eigenvalue weighted by molar-refractivity contribution is 7.18. The molecule has 1 aromatic heterocycles. The lowest BCUT2D eigenvalue weighted by atomic mass is 9.97. The molecule has 9 heteroatoms. The molecule has 0 bridgehead atoms. The molecule has 0 saturated carbocycles. The van der Waals surface area contributed by atoms with Gasteiger partial charge in [0.15, 0.2) is 0 Å². The number of nitrogens with zero attached hydrogens (tertiary/aromatic N) is 2. The summed E-state index contributed by atoms with van der Waals surface area (Å²) in [7, 11) is 2.11. The van der Waals surface area contributed by atoms with E-state index in [4.69, 9.17) is 16.7 Å². The lowest BCUT2D eigenvalue weighted by molar-refractivity contribution is -0.137. The van der Waals surface area contributed by atoms with Crippen molar-refractivity contribution in [1.82, 2.24) is 10.2 Å². The smallest absolute Gasteiger partial charge is 0.303 e. The average molecular weight is 476 g/mol. The molecule has 2 N–H and O–H groups in total. The first-order valence-electron chi connectivity index (χ1n) is 10.7. The lowest BCUT2D eigenvalue weighted by Crippen LogP contribution is -2.40. The van der Waals surface area contributed by atoms with Crippen molar-refractivity contribution in [2.24, 2.45) is 5.92 Å². The van der Waals surface area contributed by atoms with Gasteiger partial charge in [-0.25, -0.2) is 0 Å². The molecule has 0 radical (unpaired) electrons. The van der Waals surface area contributed by atoms with E-state index in [-0.39, 0.29) is 24.7 Å². The van der Waals surface area contributed by atoms with E-state index in [0.29, 0.717) is 15.8 Å². The quantitative estimate of drug-likeness (QED) is 0.670. The molecule has 1 saturated heterocycles. The standard InChI is InChI=1S/C23H26ClN3O4S/c1-26-10-8-14-2-3-16(12-15(14)9-11-26)27-13-18(17(23(27)31)4-7-21(28)29)25-22(30)19-5-6-20(24)32-19/h2-3,5-6,12,17-18H,4,7-11,13H2,1H3,(H,25,30)(H,28,29)/t17-,18+/m1/s1. The highest BCUT2D eigenvalue weighted by atomic mass is 35.5. The largest absolute Gasteiger partial charge is 0.481 e. The number of fused-ring (bicyclic) bond motifs is 1. The van der Waals surface area contributed by atoms with Gasteiger partial charge >= 0.3 is 5.97 Å². The molecule has 7 nitrogen and oxygen atoms in total. The van der Waals surface area contributed by atoms with Crippen LogP contribution in [0.3, 0.4) is 0 Å². The van der Waals surface area contributed by atoms with E-state index in [1.807, 2.05) is 6.07 Å². The van der Waals surface area contributed by atoms with Gasteiger partial charge in [-0.2, -0.15) is 0 Å². The SMILES string of the molecule is CN1CCc2ccc(N3C[C@H](NC(=O)c4ccc(Cl)s4)[C@@H](CCC(=O)O)C3=O)cc2CC1. The van der Waals surface area contributed by atoms with Crippen molar-refractivity contribution >= 4 is 46.4 Å². The third kappa shape index (κ3) is 4.98. The molecule has 3 heterocycles. The number of nitrogens with one attached hydrogen (secondary N) is 1. The number of rotatable bonds is 6. The molecule has 32 heavy (non-hydrogen) atoms. The second kappa shape index (κ2) is 9.60. The van der Waals surface area contributed by atoms with Gasteiger partial charge in [0.25, 0.3) is 5.91 Å². The molecule has 1 fully saturated rings. The van der Waals surface area contributed by atoms with Gasteiger partial charge < -0.3 is 20.2 Å². The molecule has 170 valence electrons. The Labute approximate surface area is 196 Å². The Morgan fingerprint density at radius 2 is 1.94 bits per heavy atom. The summed E-state index contributed by atoms with van der Waals surface area (Å²) in [4.78, 5) is 41.6. The van der Waals surface area contributed by atoms with Crippen LogP contribution in [0, 0.1) is 5.92 Å². The molecule has 2 aromatic rings. The molecule has 0 spiro atoms. The molecule has 2 aliphatic heterocycles. The van der Waals surface area contributed by atoms with Gasteiger partial charge in [0.2, 0.25) is 5.91 Å². The lowest BCUT2D eigenvalue weighted by Gasteiger charge is -2.19. The zero-order chi connectivity index (χ0) is 22.8. The first-order chi connectivity index (χ1) is 15.3. The van der Waals surface area contributed by atoms with E-state index in [1.54, 1.807) is 17.0 Å². The van der Waals surface area contributed by atoms with Gasteiger partial charge in [0.1, 0.15) is 0 Å². The highest BCUT2D eigenvalue weighted by Gasteiger charge is 2.42. The summed E-state index contributed by atoms with van der Waals surface area (Å²) in [5.74, 6) is -1.99. The zero-order valence-corrected chi connectivity index (χ0v) is 19.4. The number of halogens is 1. The van der Waals surface area contributed by atoms with E-state index >= 15 is 0 Å². The van der Waals surface area contributed by atoms with Gasteiger partial charge in [-0.3, -0.25) is 14.4 Å². The molecule has 2 aliphatic rings. The zero-order valence-electron chi connectivity index (χ0n) is 17.8. The van der Waals surface area contributed by atoms with Crippen LogP contribution in [0.2, 0.25) is 4.34 Å². The van der Waals surface area contributed by atoms with Gasteiger partial charge in [-0.05, 0) is 61.7 Å². The topological polar surface area (TPSA) is 89.9 Å². The number of carboxylic acid groups (broad SMARTS) is 1. The van der Waals surface area contributed by atoms with Crippen molar-refractivity contribution < 1.29 is 19.5 Å². The van der Waals surface area contributed by atoms with E-state index < -0.39 is 17.9 Å². The van der Waals surface area contributed by atoms with E-state index in [9.17, 15) is 14.4 Å². The van der Waals surface area contributed by atoms with Crippen LogP contribution in [-0.2, 0) is 22.4 Å². The van der Waals surface area contributed by atoms with E-state index in [2.05, 4.69) is 29.4 Å². The Kier molecular flexibility index (Phi) is 6.83. The summed E-state index contributed by atoms with van der Waals surface area (Å²) in [5, 5.41) is 12.1. The first kappa shape index (κ1) is 22.8. The minimum absolute atomic E-state index is 0.127. The summed E-state index contributed by atoms with van der Waals surface area (Å²) < 4.78 is 0.511. The molecule has 2 atom stereocenters. The van der Waals surface area contributed by atoms with E-state index in [1.165, 1.54) is 22.5 Å². The Morgan fingerprint density at radius 3 is 2.62 bits per heavy atom. The average Bonchev–Trinajstić information content (AvgIpc) is 3.26. The van der Waals surface area contributed by atoms with Crippen LogP contribution in [0.4, 0.5) is 5.69 Å². The maximum atomic E-state index is 13.3. The monoisotopic (exact) mass is 475 g/mol. The number of aliphatic carboxylic acids is 1. The molecule has 1 aromatic carbocycles. The van der Waals surface area contributed by atoms with Gasteiger partial charge in [0, 0.05) is 31.7 Å². The van der Waals surface area contributed by atoms with Crippen LogP contribution in [0.25, 0.3) is 0 Å². The maximum absolute atomic E-state index is 13.3. The van der Waals surface area contributed by atoms with Crippen LogP contribution in [0.5, 0.6) is 0 Å². The Hall–Kier alpha value is -2.42. The van der Waals surface area contributed by atoms with Crippen LogP contribution in [0.15, 0.2) is 30.3 Å². The van der Waals surface area contributed by atoms with Crippen LogP contribution in [-0.4, -0.2) is 60.5 Å². The second-order valence-corrected chi connectivity index (χ2v) is 10.1. The molecule has 2 amide bonds.